The molecule has 1 aromatic rings. The van der Waals surface area contributed by atoms with Gasteiger partial charge in [0.15, 0.2) is 11.5 Å². The summed E-state index contributed by atoms with van der Waals surface area (Å²) >= 11 is 0. The molecule has 0 amide bonds. The van der Waals surface area contributed by atoms with Crippen LogP contribution in [0.1, 0.15) is 33.1 Å². The number of benzene rings is 1. The molecule has 0 spiro atoms. The lowest BCUT2D eigenvalue weighted by molar-refractivity contribution is 0.355. The van der Waals surface area contributed by atoms with Gasteiger partial charge >= 0.3 is 0 Å². The van der Waals surface area contributed by atoms with Gasteiger partial charge in [-0.25, -0.2) is 0 Å². The summed E-state index contributed by atoms with van der Waals surface area (Å²) in [6, 6.07) is 4.50. The molecule has 1 saturated carbocycles. The highest BCUT2D eigenvalue weighted by Gasteiger charge is 2.30. The van der Waals surface area contributed by atoms with Gasteiger partial charge in [-0.1, -0.05) is 13.8 Å². The third-order valence-electron chi connectivity index (χ3n) is 3.78. The molecule has 0 atom stereocenters. The molecule has 1 aromatic carbocycles. The maximum atomic E-state index is 6.22. The second-order valence-electron chi connectivity index (χ2n) is 5.87. The number of anilines is 2. The highest BCUT2D eigenvalue weighted by Crippen LogP contribution is 2.41. The van der Waals surface area contributed by atoms with Crippen molar-refractivity contribution in [2.45, 2.75) is 39.2 Å². The molecule has 4 heteroatoms. The lowest BCUT2D eigenvalue weighted by Gasteiger charge is -2.27. The molecule has 0 radical (unpaired) electrons. The van der Waals surface area contributed by atoms with E-state index in [4.69, 9.17) is 15.2 Å². The standard InChI is InChI=1S/C16H26N2O2/c1-11(2)7-8-18(12-5-6-12)14-10-16(20-4)15(19-3)9-13(14)17/h9-12H,5-8,17H2,1-4H3. The van der Waals surface area contributed by atoms with Crippen LogP contribution in [0.25, 0.3) is 0 Å². The molecule has 4 nitrogen and oxygen atoms in total. The Morgan fingerprint density at radius 1 is 1.20 bits per heavy atom. The number of methoxy groups -OCH3 is 2. The van der Waals surface area contributed by atoms with E-state index in [0.717, 1.165) is 23.7 Å². The van der Waals surface area contributed by atoms with E-state index in [1.165, 1.54) is 19.3 Å². The van der Waals surface area contributed by atoms with Gasteiger partial charge in [0.05, 0.1) is 25.6 Å². The fourth-order valence-electron chi connectivity index (χ4n) is 2.42. The van der Waals surface area contributed by atoms with Crippen molar-refractivity contribution < 1.29 is 9.47 Å². The van der Waals surface area contributed by atoms with Gasteiger partial charge in [0.1, 0.15) is 0 Å². The van der Waals surface area contributed by atoms with Crippen LogP contribution >= 0.6 is 0 Å². The van der Waals surface area contributed by atoms with Gasteiger partial charge in [0.25, 0.3) is 0 Å². The minimum absolute atomic E-state index is 0.633. The molecule has 0 saturated heterocycles. The van der Waals surface area contributed by atoms with Crippen molar-refractivity contribution in [3.63, 3.8) is 0 Å². The average molecular weight is 278 g/mol. The maximum absolute atomic E-state index is 6.22. The third-order valence-corrected chi connectivity index (χ3v) is 3.78. The van der Waals surface area contributed by atoms with Gasteiger partial charge in [-0.15, -0.1) is 0 Å². The molecule has 0 aromatic heterocycles. The molecule has 1 aliphatic carbocycles. The molecule has 0 aliphatic heterocycles. The van der Waals surface area contributed by atoms with Crippen LogP contribution in [-0.2, 0) is 0 Å². The lowest BCUT2D eigenvalue weighted by Crippen LogP contribution is -2.28. The van der Waals surface area contributed by atoms with Crippen molar-refractivity contribution in [2.75, 3.05) is 31.4 Å². The van der Waals surface area contributed by atoms with Gasteiger partial charge in [0, 0.05) is 24.7 Å². The van der Waals surface area contributed by atoms with Crippen molar-refractivity contribution in [2.24, 2.45) is 5.92 Å². The number of ether oxygens (including phenoxy) is 2. The highest BCUT2D eigenvalue weighted by atomic mass is 16.5. The van der Waals surface area contributed by atoms with Crippen LogP contribution in [0.3, 0.4) is 0 Å². The van der Waals surface area contributed by atoms with Crippen molar-refractivity contribution in [1.29, 1.82) is 0 Å². The third kappa shape index (κ3) is 3.30. The van der Waals surface area contributed by atoms with E-state index in [-0.39, 0.29) is 0 Å². The predicted octanol–water partition coefficient (Wildman–Crippen LogP) is 3.30. The Hall–Kier alpha value is -1.58. The number of hydrogen-bond acceptors (Lipinski definition) is 4. The van der Waals surface area contributed by atoms with Crippen molar-refractivity contribution >= 4 is 11.4 Å². The number of rotatable bonds is 7. The Kier molecular flexibility index (Phi) is 4.63. The van der Waals surface area contributed by atoms with Gasteiger partial charge in [0.2, 0.25) is 0 Å². The molecular weight excluding hydrogens is 252 g/mol. The van der Waals surface area contributed by atoms with E-state index in [1.54, 1.807) is 14.2 Å². The van der Waals surface area contributed by atoms with Crippen LogP contribution in [0.2, 0.25) is 0 Å². The van der Waals surface area contributed by atoms with Crippen LogP contribution in [-0.4, -0.2) is 26.8 Å². The normalized spacial score (nSPS) is 14.4. The summed E-state index contributed by atoms with van der Waals surface area (Å²) in [5.74, 6) is 2.12. The fraction of sp³-hybridized carbons (Fsp3) is 0.625. The van der Waals surface area contributed by atoms with E-state index in [9.17, 15) is 0 Å². The first kappa shape index (κ1) is 14.8. The quantitative estimate of drug-likeness (QED) is 0.777. The number of nitrogen functional groups attached to an aromatic ring is 1. The second kappa shape index (κ2) is 6.25. The minimum atomic E-state index is 0.633. The molecule has 0 bridgehead atoms. The zero-order valence-electron chi connectivity index (χ0n) is 13.0. The molecule has 20 heavy (non-hydrogen) atoms. The Morgan fingerprint density at radius 2 is 1.80 bits per heavy atom. The number of nitrogens with two attached hydrogens (primary N) is 1. The molecule has 2 rings (SSSR count). The monoisotopic (exact) mass is 278 g/mol. The van der Waals surface area contributed by atoms with E-state index in [1.807, 2.05) is 12.1 Å². The highest BCUT2D eigenvalue weighted by molar-refractivity contribution is 5.73. The first-order valence-corrected chi connectivity index (χ1v) is 7.35. The lowest BCUT2D eigenvalue weighted by atomic mass is 10.1. The number of hydrogen-bond donors (Lipinski definition) is 1. The maximum Gasteiger partial charge on any atom is 0.162 e. The van der Waals surface area contributed by atoms with E-state index in [2.05, 4.69) is 18.7 Å². The van der Waals surface area contributed by atoms with Crippen molar-refractivity contribution in [3.8, 4) is 11.5 Å². The largest absolute Gasteiger partial charge is 0.493 e. The Bertz CT molecular complexity index is 456. The van der Waals surface area contributed by atoms with Crippen LogP contribution in [0.5, 0.6) is 11.5 Å². The van der Waals surface area contributed by atoms with Crippen molar-refractivity contribution in [1.82, 2.24) is 0 Å². The summed E-state index contributed by atoms with van der Waals surface area (Å²) in [5.41, 5.74) is 8.05. The van der Waals surface area contributed by atoms with Crippen molar-refractivity contribution in [3.05, 3.63) is 12.1 Å². The van der Waals surface area contributed by atoms with Crippen LogP contribution < -0.4 is 20.1 Å². The summed E-state index contributed by atoms with van der Waals surface area (Å²) in [6.45, 7) is 5.55. The first-order chi connectivity index (χ1) is 9.56. The average Bonchev–Trinajstić information content (AvgIpc) is 3.24. The summed E-state index contributed by atoms with van der Waals surface area (Å²) in [4.78, 5) is 2.43. The number of nitrogens with zero attached hydrogens (tertiary/aromatic N) is 1. The van der Waals surface area contributed by atoms with E-state index >= 15 is 0 Å². The summed E-state index contributed by atoms with van der Waals surface area (Å²) < 4.78 is 10.7. The molecule has 0 unspecified atom stereocenters. The van der Waals surface area contributed by atoms with Crippen LogP contribution in [0.15, 0.2) is 12.1 Å². The van der Waals surface area contributed by atoms with Gasteiger partial charge in [-0.3, -0.25) is 0 Å². The van der Waals surface area contributed by atoms with Gasteiger partial charge in [-0.2, -0.15) is 0 Å². The molecule has 112 valence electrons. The topological polar surface area (TPSA) is 47.7 Å². The molecular formula is C16H26N2O2. The zero-order chi connectivity index (χ0) is 14.7. The van der Waals surface area contributed by atoms with Crippen LogP contribution in [0, 0.1) is 5.92 Å². The fourth-order valence-corrected chi connectivity index (χ4v) is 2.42. The molecule has 1 fully saturated rings. The SMILES string of the molecule is COc1cc(N)c(N(CCC(C)C)C2CC2)cc1OC. The zero-order valence-corrected chi connectivity index (χ0v) is 13.0. The van der Waals surface area contributed by atoms with Crippen LogP contribution in [0.4, 0.5) is 11.4 Å². The van der Waals surface area contributed by atoms with Gasteiger partial charge in [-0.05, 0) is 25.2 Å². The Labute approximate surface area is 121 Å². The molecule has 2 N–H and O–H groups in total. The smallest absolute Gasteiger partial charge is 0.162 e. The van der Waals surface area contributed by atoms with Gasteiger partial charge < -0.3 is 20.1 Å². The summed E-state index contributed by atoms with van der Waals surface area (Å²) in [5, 5.41) is 0. The Balaban J connectivity index is 2.27. The summed E-state index contributed by atoms with van der Waals surface area (Å²) in [6.07, 6.45) is 3.68. The van der Waals surface area contributed by atoms with E-state index in [0.29, 0.717) is 17.7 Å². The predicted molar refractivity (Wildman–Crippen MR) is 83.8 cm³/mol. The Morgan fingerprint density at radius 3 is 2.30 bits per heavy atom. The first-order valence-electron chi connectivity index (χ1n) is 7.35. The summed E-state index contributed by atoms with van der Waals surface area (Å²) in [7, 11) is 3.29. The molecule has 0 heterocycles. The minimum Gasteiger partial charge on any atom is -0.493 e. The second-order valence-corrected chi connectivity index (χ2v) is 5.87. The van der Waals surface area contributed by atoms with E-state index < -0.39 is 0 Å². The molecule has 1 aliphatic rings.